The molecule has 1 atom stereocenters. The number of hydrogen-bond acceptors (Lipinski definition) is 12. The molecule has 228 valence electrons. The number of rotatable bonds is 10. The molecule has 4 aromatic rings. The van der Waals surface area contributed by atoms with Crippen LogP contribution in [0.4, 0.5) is 17.5 Å². The molecule has 1 aromatic carbocycles. The number of nitrogens with zero attached hydrogens (tertiary/aromatic N) is 9. The van der Waals surface area contributed by atoms with Gasteiger partial charge in [-0.2, -0.15) is 15.3 Å². The van der Waals surface area contributed by atoms with Crippen molar-refractivity contribution < 1.29 is 14.2 Å². The Morgan fingerprint density at radius 1 is 1.07 bits per heavy atom. The SMILES string of the molecule is COc1nc(N2CCC(N3CCOCC3)CC2)ccc1Nc1ncc(-c2ccc(C#N)c(O[C@@H](C)Cn3cncn3)c2)cn1. The van der Waals surface area contributed by atoms with E-state index in [0.29, 0.717) is 41.4 Å². The number of anilines is 3. The van der Waals surface area contributed by atoms with Gasteiger partial charge in [0.25, 0.3) is 0 Å². The van der Waals surface area contributed by atoms with Crippen LogP contribution in [0.5, 0.6) is 11.6 Å². The number of aromatic nitrogens is 6. The molecular formula is C31H36N10O3. The minimum absolute atomic E-state index is 0.223. The average Bonchev–Trinajstić information content (AvgIpc) is 3.58. The Labute approximate surface area is 256 Å². The number of nitrogens with one attached hydrogen (secondary N) is 1. The molecule has 2 aliphatic rings. The molecule has 2 fully saturated rings. The van der Waals surface area contributed by atoms with E-state index in [4.69, 9.17) is 19.2 Å². The fourth-order valence-corrected chi connectivity index (χ4v) is 5.66. The Kier molecular flexibility index (Phi) is 9.09. The lowest BCUT2D eigenvalue weighted by molar-refractivity contribution is 0.0114. The van der Waals surface area contributed by atoms with E-state index in [1.165, 1.54) is 6.33 Å². The van der Waals surface area contributed by atoms with Gasteiger partial charge in [0, 0.05) is 50.2 Å². The molecule has 13 heteroatoms. The second-order valence-electron chi connectivity index (χ2n) is 10.9. The van der Waals surface area contributed by atoms with Crippen LogP contribution in [0.1, 0.15) is 25.3 Å². The molecule has 0 radical (unpaired) electrons. The number of ether oxygens (including phenoxy) is 3. The molecule has 2 aliphatic heterocycles. The summed E-state index contributed by atoms with van der Waals surface area (Å²) in [6.07, 6.45) is 8.56. The molecule has 0 spiro atoms. The van der Waals surface area contributed by atoms with Crippen molar-refractivity contribution in [3.63, 3.8) is 0 Å². The maximum Gasteiger partial charge on any atom is 0.239 e. The van der Waals surface area contributed by atoms with Crippen molar-refractivity contribution in [3.05, 3.63) is 60.9 Å². The minimum atomic E-state index is -0.223. The normalized spacial score (nSPS) is 16.7. The van der Waals surface area contributed by atoms with Crippen molar-refractivity contribution in [1.29, 1.82) is 5.26 Å². The number of hydrogen-bond donors (Lipinski definition) is 1. The summed E-state index contributed by atoms with van der Waals surface area (Å²) in [5, 5.41) is 17.0. The molecule has 0 saturated carbocycles. The molecule has 5 heterocycles. The highest BCUT2D eigenvalue weighted by molar-refractivity contribution is 5.68. The molecule has 3 aromatic heterocycles. The van der Waals surface area contributed by atoms with E-state index in [1.54, 1.807) is 36.6 Å². The molecule has 0 aliphatic carbocycles. The molecule has 0 bridgehead atoms. The molecular weight excluding hydrogens is 560 g/mol. The predicted octanol–water partition coefficient (Wildman–Crippen LogP) is 3.52. The molecule has 0 unspecified atom stereocenters. The number of methoxy groups -OCH3 is 1. The van der Waals surface area contributed by atoms with Crippen LogP contribution < -0.4 is 19.7 Å². The largest absolute Gasteiger partial charge is 0.487 e. The van der Waals surface area contributed by atoms with E-state index in [-0.39, 0.29) is 6.10 Å². The van der Waals surface area contributed by atoms with Crippen molar-refractivity contribution in [3.8, 4) is 28.8 Å². The third kappa shape index (κ3) is 6.88. The van der Waals surface area contributed by atoms with Crippen molar-refractivity contribution in [2.24, 2.45) is 0 Å². The van der Waals surface area contributed by atoms with Crippen LogP contribution in [0.15, 0.2) is 55.4 Å². The van der Waals surface area contributed by atoms with Gasteiger partial charge < -0.3 is 24.4 Å². The quantitative estimate of drug-likeness (QED) is 0.286. The van der Waals surface area contributed by atoms with Gasteiger partial charge in [-0.1, -0.05) is 6.07 Å². The first-order valence-corrected chi connectivity index (χ1v) is 14.8. The number of morpholine rings is 1. The highest BCUT2D eigenvalue weighted by Gasteiger charge is 2.27. The first kappa shape index (κ1) is 29.3. The van der Waals surface area contributed by atoms with Gasteiger partial charge in [0.2, 0.25) is 11.8 Å². The van der Waals surface area contributed by atoms with Gasteiger partial charge in [-0.05, 0) is 49.6 Å². The van der Waals surface area contributed by atoms with Crippen molar-refractivity contribution in [2.45, 2.75) is 38.5 Å². The minimum Gasteiger partial charge on any atom is -0.487 e. The molecule has 2 saturated heterocycles. The third-order valence-electron chi connectivity index (χ3n) is 7.96. The van der Waals surface area contributed by atoms with Crippen LogP contribution in [-0.2, 0) is 11.3 Å². The average molecular weight is 597 g/mol. The number of benzene rings is 1. The summed E-state index contributed by atoms with van der Waals surface area (Å²) in [7, 11) is 1.61. The van der Waals surface area contributed by atoms with Crippen LogP contribution in [0.25, 0.3) is 11.1 Å². The Morgan fingerprint density at radius 3 is 2.57 bits per heavy atom. The van der Waals surface area contributed by atoms with Crippen LogP contribution in [0.2, 0.25) is 0 Å². The van der Waals surface area contributed by atoms with E-state index in [0.717, 1.165) is 69.2 Å². The maximum atomic E-state index is 9.61. The van der Waals surface area contributed by atoms with Crippen molar-refractivity contribution in [2.75, 3.05) is 56.7 Å². The van der Waals surface area contributed by atoms with Crippen LogP contribution in [0, 0.1) is 11.3 Å². The molecule has 6 rings (SSSR count). The van der Waals surface area contributed by atoms with Gasteiger partial charge in [-0.15, -0.1) is 0 Å². The topological polar surface area (TPSA) is 139 Å². The first-order chi connectivity index (χ1) is 21.6. The first-order valence-electron chi connectivity index (χ1n) is 14.8. The van der Waals surface area contributed by atoms with E-state index in [2.05, 4.69) is 41.2 Å². The summed E-state index contributed by atoms with van der Waals surface area (Å²) >= 11 is 0. The maximum absolute atomic E-state index is 9.61. The van der Waals surface area contributed by atoms with Crippen LogP contribution in [-0.4, -0.2) is 93.3 Å². The van der Waals surface area contributed by atoms with Crippen molar-refractivity contribution >= 4 is 17.5 Å². The summed E-state index contributed by atoms with van der Waals surface area (Å²) in [4.78, 5) is 22.7. The van der Waals surface area contributed by atoms with E-state index in [9.17, 15) is 5.26 Å². The molecule has 44 heavy (non-hydrogen) atoms. The second kappa shape index (κ2) is 13.7. The summed E-state index contributed by atoms with van der Waals surface area (Å²) < 4.78 is 18.9. The van der Waals surface area contributed by atoms with Gasteiger partial charge in [0.05, 0.1) is 32.4 Å². The fraction of sp³-hybridized carbons (Fsp3) is 0.419. The Hall–Kier alpha value is -4.80. The monoisotopic (exact) mass is 596 g/mol. The zero-order valence-electron chi connectivity index (χ0n) is 25.0. The van der Waals surface area contributed by atoms with Crippen molar-refractivity contribution in [1.82, 2.24) is 34.6 Å². The third-order valence-corrected chi connectivity index (χ3v) is 7.96. The summed E-state index contributed by atoms with van der Waals surface area (Å²) in [6.45, 7) is 8.04. The molecule has 13 nitrogen and oxygen atoms in total. The zero-order valence-corrected chi connectivity index (χ0v) is 25.0. The lowest BCUT2D eigenvalue weighted by Crippen LogP contribution is -2.49. The van der Waals surface area contributed by atoms with Crippen LogP contribution >= 0.6 is 0 Å². The van der Waals surface area contributed by atoms with Gasteiger partial charge in [-0.3, -0.25) is 4.90 Å². The highest BCUT2D eigenvalue weighted by Crippen LogP contribution is 2.31. The highest BCUT2D eigenvalue weighted by atomic mass is 16.5. The van der Waals surface area contributed by atoms with E-state index in [1.807, 2.05) is 31.2 Å². The predicted molar refractivity (Wildman–Crippen MR) is 164 cm³/mol. The van der Waals surface area contributed by atoms with Gasteiger partial charge >= 0.3 is 0 Å². The lowest BCUT2D eigenvalue weighted by Gasteiger charge is -2.40. The standard InChI is InChI=1S/C31H36N10O3/c1-22(19-41-21-33-20-36-41)44-28-15-23(3-4-24(28)16-32)25-17-34-31(35-18-25)37-27-5-6-29(38-30(27)42-2)40-9-7-26(8-10-40)39-11-13-43-14-12-39/h3-6,15,17-18,20-22,26H,7-14,19H2,1-2H3,(H,34,35,37)/t22-/m0/s1. The van der Waals surface area contributed by atoms with Crippen LogP contribution in [0.3, 0.4) is 0 Å². The zero-order chi connectivity index (χ0) is 30.3. The van der Waals surface area contributed by atoms with Gasteiger partial charge in [0.15, 0.2) is 0 Å². The van der Waals surface area contributed by atoms with E-state index < -0.39 is 0 Å². The Balaban J connectivity index is 1.10. The molecule has 0 amide bonds. The Bertz CT molecular complexity index is 1560. The number of piperidine rings is 1. The summed E-state index contributed by atoms with van der Waals surface area (Å²) in [6, 6.07) is 12.2. The molecule has 1 N–H and O–H groups in total. The lowest BCUT2D eigenvalue weighted by atomic mass is 10.0. The number of nitriles is 1. The van der Waals surface area contributed by atoms with Gasteiger partial charge in [-0.25, -0.2) is 19.6 Å². The Morgan fingerprint density at radius 2 is 1.86 bits per heavy atom. The van der Waals surface area contributed by atoms with E-state index >= 15 is 0 Å². The number of pyridine rings is 1. The second-order valence-corrected chi connectivity index (χ2v) is 10.9. The fourth-order valence-electron chi connectivity index (χ4n) is 5.66. The van der Waals surface area contributed by atoms with Gasteiger partial charge in [0.1, 0.15) is 42.1 Å². The summed E-state index contributed by atoms with van der Waals surface area (Å²) in [5.41, 5.74) is 2.75. The smallest absolute Gasteiger partial charge is 0.239 e. The summed E-state index contributed by atoms with van der Waals surface area (Å²) in [5.74, 6) is 2.29.